The molecular weight excluding hydrogens is 292 g/mol. The molecule has 1 fully saturated rings. The van der Waals surface area contributed by atoms with Crippen molar-refractivity contribution in [1.82, 2.24) is 20.4 Å². The maximum absolute atomic E-state index is 12.0. The Morgan fingerprint density at radius 1 is 1.26 bits per heavy atom. The van der Waals surface area contributed by atoms with E-state index in [4.69, 9.17) is 4.42 Å². The summed E-state index contributed by atoms with van der Waals surface area (Å²) in [7, 11) is 0. The van der Waals surface area contributed by atoms with E-state index in [2.05, 4.69) is 20.4 Å². The largest absolute Gasteiger partial charge is 0.424 e. The third-order valence-electron chi connectivity index (χ3n) is 4.22. The zero-order valence-electron chi connectivity index (χ0n) is 13.4. The monoisotopic (exact) mass is 314 g/mol. The molecule has 0 atom stereocenters. The number of carbonyl (C=O) groups is 1. The maximum Gasteiger partial charge on any atom is 0.251 e. The quantitative estimate of drug-likeness (QED) is 0.914. The van der Waals surface area contributed by atoms with Crippen molar-refractivity contribution in [3.05, 3.63) is 47.7 Å². The minimum Gasteiger partial charge on any atom is -0.424 e. The molecule has 0 saturated carbocycles. The Hall–Kier alpha value is -2.21. The number of likely N-dealkylation sites (tertiary alicyclic amines) is 1. The van der Waals surface area contributed by atoms with Crippen molar-refractivity contribution in [1.29, 1.82) is 0 Å². The summed E-state index contributed by atoms with van der Waals surface area (Å²) in [5.41, 5.74) is 0.719. The van der Waals surface area contributed by atoms with Gasteiger partial charge in [0.15, 0.2) is 0 Å². The Labute approximate surface area is 135 Å². The molecule has 1 amide bonds. The average Bonchev–Trinajstić information content (AvgIpc) is 2.99. The van der Waals surface area contributed by atoms with E-state index in [0.29, 0.717) is 24.2 Å². The Morgan fingerprint density at radius 3 is 2.65 bits per heavy atom. The molecule has 122 valence electrons. The summed E-state index contributed by atoms with van der Waals surface area (Å²) in [6, 6.07) is 9.35. The van der Waals surface area contributed by atoms with Crippen LogP contribution in [0.1, 0.15) is 35.0 Å². The van der Waals surface area contributed by atoms with Crippen LogP contribution in [0.5, 0.6) is 0 Å². The SMILES string of the molecule is Cc1nnc(CN2CCC(CNC(=O)c3ccccc3)CC2)o1. The topological polar surface area (TPSA) is 71.3 Å². The predicted molar refractivity (Wildman–Crippen MR) is 85.8 cm³/mol. The maximum atomic E-state index is 12.0. The van der Waals surface area contributed by atoms with Crippen molar-refractivity contribution in [2.75, 3.05) is 19.6 Å². The van der Waals surface area contributed by atoms with Crippen LogP contribution in [0.3, 0.4) is 0 Å². The lowest BCUT2D eigenvalue weighted by molar-refractivity contribution is 0.0934. The van der Waals surface area contributed by atoms with Gasteiger partial charge in [0.1, 0.15) is 0 Å². The molecule has 0 aliphatic carbocycles. The Balaban J connectivity index is 1.40. The number of aromatic nitrogens is 2. The first-order valence-electron chi connectivity index (χ1n) is 8.05. The highest BCUT2D eigenvalue weighted by Crippen LogP contribution is 2.18. The molecule has 1 aromatic carbocycles. The van der Waals surface area contributed by atoms with E-state index in [1.807, 2.05) is 30.3 Å². The molecule has 2 aromatic rings. The molecule has 0 radical (unpaired) electrons. The molecule has 2 heterocycles. The lowest BCUT2D eigenvalue weighted by Crippen LogP contribution is -2.38. The molecule has 6 heteroatoms. The summed E-state index contributed by atoms with van der Waals surface area (Å²) in [6.45, 7) is 5.24. The van der Waals surface area contributed by atoms with Crippen LogP contribution in [0.25, 0.3) is 0 Å². The fraction of sp³-hybridized carbons (Fsp3) is 0.471. The standard InChI is InChI=1S/C17H22N4O2/c1-13-19-20-16(23-13)12-21-9-7-14(8-10-21)11-18-17(22)15-5-3-2-4-6-15/h2-6,14H,7-12H2,1H3,(H,18,22). The van der Waals surface area contributed by atoms with Crippen LogP contribution in [0.2, 0.25) is 0 Å². The van der Waals surface area contributed by atoms with E-state index in [-0.39, 0.29) is 5.91 Å². The van der Waals surface area contributed by atoms with Crippen molar-refractivity contribution >= 4 is 5.91 Å². The summed E-state index contributed by atoms with van der Waals surface area (Å²) >= 11 is 0. The van der Waals surface area contributed by atoms with Gasteiger partial charge in [0.05, 0.1) is 6.54 Å². The summed E-state index contributed by atoms with van der Waals surface area (Å²) in [6.07, 6.45) is 2.14. The lowest BCUT2D eigenvalue weighted by Gasteiger charge is -2.31. The van der Waals surface area contributed by atoms with Crippen LogP contribution in [0.15, 0.2) is 34.7 Å². The zero-order valence-corrected chi connectivity index (χ0v) is 13.4. The van der Waals surface area contributed by atoms with E-state index >= 15 is 0 Å². The van der Waals surface area contributed by atoms with Crippen molar-refractivity contribution < 1.29 is 9.21 Å². The number of piperidine rings is 1. The van der Waals surface area contributed by atoms with Crippen LogP contribution in [0.4, 0.5) is 0 Å². The number of hydrogen-bond acceptors (Lipinski definition) is 5. The second-order valence-corrected chi connectivity index (χ2v) is 6.01. The van der Waals surface area contributed by atoms with Crippen LogP contribution in [0, 0.1) is 12.8 Å². The second-order valence-electron chi connectivity index (χ2n) is 6.01. The third kappa shape index (κ3) is 4.39. The highest BCUT2D eigenvalue weighted by atomic mass is 16.4. The summed E-state index contributed by atoms with van der Waals surface area (Å²) in [4.78, 5) is 14.4. The molecule has 1 aromatic heterocycles. The normalized spacial score (nSPS) is 16.4. The van der Waals surface area contributed by atoms with Gasteiger partial charge >= 0.3 is 0 Å². The molecule has 1 saturated heterocycles. The number of rotatable bonds is 5. The van der Waals surface area contributed by atoms with Crippen LogP contribution < -0.4 is 5.32 Å². The van der Waals surface area contributed by atoms with E-state index in [9.17, 15) is 4.79 Å². The van der Waals surface area contributed by atoms with Crippen LogP contribution in [-0.4, -0.2) is 40.6 Å². The Bertz CT molecular complexity index is 633. The second kappa shape index (κ2) is 7.37. The van der Waals surface area contributed by atoms with Crippen molar-refractivity contribution in [2.24, 2.45) is 5.92 Å². The van der Waals surface area contributed by atoms with Crippen LogP contribution in [-0.2, 0) is 6.54 Å². The fourth-order valence-corrected chi connectivity index (χ4v) is 2.87. The van der Waals surface area contributed by atoms with E-state index in [1.165, 1.54) is 0 Å². The van der Waals surface area contributed by atoms with E-state index < -0.39 is 0 Å². The Kier molecular flexibility index (Phi) is 5.02. The van der Waals surface area contributed by atoms with Gasteiger partial charge in [0.2, 0.25) is 11.8 Å². The number of benzene rings is 1. The van der Waals surface area contributed by atoms with Crippen molar-refractivity contribution in [3.63, 3.8) is 0 Å². The molecule has 6 nitrogen and oxygen atoms in total. The number of carbonyl (C=O) groups excluding carboxylic acids is 1. The highest BCUT2D eigenvalue weighted by molar-refractivity contribution is 5.94. The number of hydrogen-bond donors (Lipinski definition) is 1. The molecule has 23 heavy (non-hydrogen) atoms. The first-order valence-corrected chi connectivity index (χ1v) is 8.05. The minimum atomic E-state index is 0.00867. The molecule has 1 aliphatic rings. The van der Waals surface area contributed by atoms with Gasteiger partial charge in [-0.1, -0.05) is 18.2 Å². The van der Waals surface area contributed by atoms with Gasteiger partial charge in [-0.2, -0.15) is 0 Å². The highest BCUT2D eigenvalue weighted by Gasteiger charge is 2.21. The van der Waals surface area contributed by atoms with Gasteiger partial charge in [-0.15, -0.1) is 10.2 Å². The lowest BCUT2D eigenvalue weighted by atomic mass is 9.96. The van der Waals surface area contributed by atoms with E-state index in [0.717, 1.165) is 38.0 Å². The van der Waals surface area contributed by atoms with Gasteiger partial charge in [0.25, 0.3) is 5.91 Å². The first kappa shape index (κ1) is 15.7. The molecule has 3 rings (SSSR count). The van der Waals surface area contributed by atoms with Crippen LogP contribution >= 0.6 is 0 Å². The molecule has 1 N–H and O–H groups in total. The van der Waals surface area contributed by atoms with Gasteiger partial charge in [-0.3, -0.25) is 9.69 Å². The van der Waals surface area contributed by atoms with Gasteiger partial charge in [0, 0.05) is 19.0 Å². The first-order chi connectivity index (χ1) is 11.2. The summed E-state index contributed by atoms with van der Waals surface area (Å²) in [5.74, 6) is 1.83. The third-order valence-corrected chi connectivity index (χ3v) is 4.22. The smallest absolute Gasteiger partial charge is 0.251 e. The molecule has 1 aliphatic heterocycles. The zero-order chi connectivity index (χ0) is 16.1. The van der Waals surface area contributed by atoms with Crippen molar-refractivity contribution in [2.45, 2.75) is 26.3 Å². The van der Waals surface area contributed by atoms with E-state index in [1.54, 1.807) is 6.92 Å². The predicted octanol–water partition coefficient (Wildman–Crippen LogP) is 2.02. The molecule has 0 unspecified atom stereocenters. The number of aryl methyl sites for hydroxylation is 1. The van der Waals surface area contributed by atoms with Gasteiger partial charge < -0.3 is 9.73 Å². The van der Waals surface area contributed by atoms with Crippen molar-refractivity contribution in [3.8, 4) is 0 Å². The van der Waals surface area contributed by atoms with Gasteiger partial charge in [-0.05, 0) is 44.0 Å². The summed E-state index contributed by atoms with van der Waals surface area (Å²) < 4.78 is 5.42. The summed E-state index contributed by atoms with van der Waals surface area (Å²) in [5, 5.41) is 10.9. The molecular formula is C17H22N4O2. The minimum absolute atomic E-state index is 0.00867. The Morgan fingerprint density at radius 2 is 2.00 bits per heavy atom. The number of amides is 1. The number of nitrogens with one attached hydrogen (secondary N) is 1. The molecule has 0 spiro atoms. The average molecular weight is 314 g/mol. The van der Waals surface area contributed by atoms with Gasteiger partial charge in [-0.25, -0.2) is 0 Å². The fourth-order valence-electron chi connectivity index (χ4n) is 2.87. The molecule has 0 bridgehead atoms. The number of nitrogens with zero attached hydrogens (tertiary/aromatic N) is 3.